The van der Waals surface area contributed by atoms with Crippen molar-refractivity contribution in [2.45, 2.75) is 39.0 Å². The van der Waals surface area contributed by atoms with Gasteiger partial charge in [0.25, 0.3) is 0 Å². The third-order valence-corrected chi connectivity index (χ3v) is 6.36. The maximum atomic E-state index is 11.8. The van der Waals surface area contributed by atoms with Crippen molar-refractivity contribution < 1.29 is 13.9 Å². The van der Waals surface area contributed by atoms with E-state index in [1.165, 1.54) is 37.3 Å². The lowest BCUT2D eigenvalue weighted by Gasteiger charge is -2.13. The van der Waals surface area contributed by atoms with E-state index in [0.29, 0.717) is 11.5 Å². The van der Waals surface area contributed by atoms with Crippen LogP contribution >= 0.6 is 11.3 Å². The van der Waals surface area contributed by atoms with Gasteiger partial charge in [0.2, 0.25) is 0 Å². The number of likely N-dealkylation sites (tertiary alicyclic amines) is 1. The highest BCUT2D eigenvalue weighted by Gasteiger charge is 2.21. The first-order valence-electron chi connectivity index (χ1n) is 10.2. The molecular weight excluding hydrogens is 370 g/mol. The molecule has 4 rings (SSSR count). The van der Waals surface area contributed by atoms with Gasteiger partial charge in [0.15, 0.2) is 11.3 Å². The maximum absolute atomic E-state index is 11.8. The first kappa shape index (κ1) is 19.2. The topological polar surface area (TPSA) is 42.7 Å². The molecule has 3 heterocycles. The molecule has 0 N–H and O–H groups in total. The van der Waals surface area contributed by atoms with Gasteiger partial charge in [0.1, 0.15) is 18.0 Å². The van der Waals surface area contributed by atoms with E-state index in [1.807, 2.05) is 24.3 Å². The Balaban J connectivity index is 1.62. The largest absolute Gasteiger partial charge is 0.483 e. The average Bonchev–Trinajstić information content (AvgIpc) is 3.44. The molecule has 1 aliphatic rings. The van der Waals surface area contributed by atoms with E-state index < -0.39 is 0 Å². The number of fused-ring (bicyclic) bond motifs is 1. The van der Waals surface area contributed by atoms with Crippen LogP contribution in [-0.4, -0.2) is 37.4 Å². The summed E-state index contributed by atoms with van der Waals surface area (Å²) < 4.78 is 12.2. The van der Waals surface area contributed by atoms with Crippen LogP contribution < -0.4 is 4.74 Å². The van der Waals surface area contributed by atoms with Crippen molar-refractivity contribution in [2.75, 3.05) is 26.2 Å². The number of aldehydes is 1. The van der Waals surface area contributed by atoms with E-state index in [4.69, 9.17) is 9.15 Å². The normalized spacial score (nSPS) is 14.8. The molecule has 3 aromatic rings. The number of rotatable bonds is 9. The van der Waals surface area contributed by atoms with Gasteiger partial charge in [-0.15, -0.1) is 0 Å². The monoisotopic (exact) mass is 397 g/mol. The molecule has 0 atom stereocenters. The Morgan fingerprint density at radius 3 is 2.86 bits per heavy atom. The fourth-order valence-electron chi connectivity index (χ4n) is 3.92. The summed E-state index contributed by atoms with van der Waals surface area (Å²) >= 11 is 1.43. The molecule has 1 aliphatic heterocycles. The van der Waals surface area contributed by atoms with E-state index in [9.17, 15) is 4.79 Å². The molecule has 0 amide bonds. The van der Waals surface area contributed by atoms with E-state index in [1.54, 1.807) is 0 Å². The number of hydrogen-bond acceptors (Lipinski definition) is 5. The molecule has 4 nitrogen and oxygen atoms in total. The van der Waals surface area contributed by atoms with Crippen LogP contribution in [-0.2, 0) is 6.42 Å². The van der Waals surface area contributed by atoms with Crippen LogP contribution in [0.4, 0.5) is 0 Å². The minimum atomic E-state index is 0.660. The molecule has 5 heteroatoms. The van der Waals surface area contributed by atoms with Crippen LogP contribution in [0.3, 0.4) is 0 Å². The molecule has 0 saturated carbocycles. The molecule has 1 aromatic carbocycles. The smallest absolute Gasteiger partial charge is 0.175 e. The zero-order valence-corrected chi connectivity index (χ0v) is 17.2. The van der Waals surface area contributed by atoms with Gasteiger partial charge in [-0.05, 0) is 38.4 Å². The molecule has 0 bridgehead atoms. The summed E-state index contributed by atoms with van der Waals surface area (Å²) in [5.41, 5.74) is 2.87. The second-order valence-corrected chi connectivity index (χ2v) is 8.40. The summed E-state index contributed by atoms with van der Waals surface area (Å²) in [5, 5.41) is 1.88. The second-order valence-electron chi connectivity index (χ2n) is 7.36. The van der Waals surface area contributed by atoms with Crippen molar-refractivity contribution in [1.82, 2.24) is 4.90 Å². The minimum Gasteiger partial charge on any atom is -0.483 e. The average molecular weight is 398 g/mol. The van der Waals surface area contributed by atoms with E-state index in [2.05, 4.69) is 17.9 Å². The zero-order chi connectivity index (χ0) is 19.3. The number of carbonyl (C=O) groups excluding carboxylic acids is 1. The van der Waals surface area contributed by atoms with Gasteiger partial charge in [-0.3, -0.25) is 9.69 Å². The van der Waals surface area contributed by atoms with Crippen molar-refractivity contribution >= 4 is 28.6 Å². The summed E-state index contributed by atoms with van der Waals surface area (Å²) in [6.45, 7) is 6.12. The van der Waals surface area contributed by atoms with Gasteiger partial charge in [-0.25, -0.2) is 0 Å². The number of benzene rings is 1. The maximum Gasteiger partial charge on any atom is 0.175 e. The van der Waals surface area contributed by atoms with E-state index in [0.717, 1.165) is 65.0 Å². The highest BCUT2D eigenvalue weighted by molar-refractivity contribution is 7.16. The number of aryl methyl sites for hydroxylation is 1. The van der Waals surface area contributed by atoms with E-state index >= 15 is 0 Å². The summed E-state index contributed by atoms with van der Waals surface area (Å²) in [5.74, 6) is 0.965. The summed E-state index contributed by atoms with van der Waals surface area (Å²) in [6, 6.07) is 10.1. The Morgan fingerprint density at radius 2 is 2.07 bits per heavy atom. The molecule has 148 valence electrons. The second kappa shape index (κ2) is 8.93. The van der Waals surface area contributed by atoms with Gasteiger partial charge in [0, 0.05) is 35.5 Å². The third-order valence-electron chi connectivity index (χ3n) is 5.39. The van der Waals surface area contributed by atoms with Crippen LogP contribution in [0.25, 0.3) is 22.1 Å². The number of unbranched alkanes of at least 4 members (excludes halogenated alkanes) is 1. The molecule has 0 unspecified atom stereocenters. The fraction of sp³-hybridized carbons (Fsp3) is 0.435. The standard InChI is InChI=1S/C23H27NO3S/c1-2-3-9-20-23(17-8-4-5-10-19(17)27-20)18-15-22(28-21(18)16-25)26-14-13-24-11-6-7-12-24/h4-5,8,10,15-16H,2-3,6-7,9,11-14H2,1H3. The Hall–Kier alpha value is -2.11. The Bertz CT molecular complexity index is 937. The van der Waals surface area contributed by atoms with Crippen molar-refractivity contribution in [3.05, 3.63) is 41.0 Å². The van der Waals surface area contributed by atoms with Crippen molar-refractivity contribution in [3.8, 4) is 16.2 Å². The Labute approximate surface area is 170 Å². The van der Waals surface area contributed by atoms with Gasteiger partial charge in [-0.2, -0.15) is 0 Å². The third kappa shape index (κ3) is 4.01. The van der Waals surface area contributed by atoms with Crippen LogP contribution in [0.15, 0.2) is 34.7 Å². The zero-order valence-electron chi connectivity index (χ0n) is 16.4. The van der Waals surface area contributed by atoms with Crippen LogP contribution in [0.2, 0.25) is 0 Å². The van der Waals surface area contributed by atoms with Crippen LogP contribution in [0.1, 0.15) is 48.0 Å². The minimum absolute atomic E-state index is 0.660. The van der Waals surface area contributed by atoms with Crippen LogP contribution in [0, 0.1) is 0 Å². The predicted molar refractivity (Wildman–Crippen MR) is 115 cm³/mol. The molecule has 0 aliphatic carbocycles. The molecule has 0 radical (unpaired) electrons. The summed E-state index contributed by atoms with van der Waals surface area (Å²) in [6.07, 6.45) is 6.55. The molecule has 1 fully saturated rings. The number of carbonyl (C=O) groups is 1. The van der Waals surface area contributed by atoms with Gasteiger partial charge < -0.3 is 9.15 Å². The lowest BCUT2D eigenvalue weighted by Crippen LogP contribution is -2.24. The quantitative estimate of drug-likeness (QED) is 0.429. The van der Waals surface area contributed by atoms with Crippen LogP contribution in [0.5, 0.6) is 5.06 Å². The molecule has 1 saturated heterocycles. The molecule has 2 aromatic heterocycles. The van der Waals surface area contributed by atoms with Gasteiger partial charge in [-0.1, -0.05) is 42.9 Å². The van der Waals surface area contributed by atoms with E-state index in [-0.39, 0.29) is 0 Å². The van der Waals surface area contributed by atoms with Crippen molar-refractivity contribution in [2.24, 2.45) is 0 Å². The molecule has 28 heavy (non-hydrogen) atoms. The fourth-order valence-corrected chi connectivity index (χ4v) is 4.78. The van der Waals surface area contributed by atoms with Crippen molar-refractivity contribution in [3.63, 3.8) is 0 Å². The summed E-state index contributed by atoms with van der Waals surface area (Å²) in [7, 11) is 0. The highest BCUT2D eigenvalue weighted by Crippen LogP contribution is 2.42. The molecular formula is C23H27NO3S. The lowest BCUT2D eigenvalue weighted by atomic mass is 10.0. The number of thiophene rings is 1. The SMILES string of the molecule is CCCCc1oc2ccccc2c1-c1cc(OCCN2CCCC2)sc1C=O. The number of ether oxygens (including phenoxy) is 1. The number of para-hydroxylation sites is 1. The van der Waals surface area contributed by atoms with Crippen molar-refractivity contribution in [1.29, 1.82) is 0 Å². The number of hydrogen-bond donors (Lipinski definition) is 0. The van der Waals surface area contributed by atoms with Gasteiger partial charge >= 0.3 is 0 Å². The Kier molecular flexibility index (Phi) is 6.13. The lowest BCUT2D eigenvalue weighted by molar-refractivity contribution is 0.112. The molecule has 0 spiro atoms. The Morgan fingerprint density at radius 1 is 1.25 bits per heavy atom. The predicted octanol–water partition coefficient (Wildman–Crippen LogP) is 5.79. The summed E-state index contributed by atoms with van der Waals surface area (Å²) in [4.78, 5) is 14.9. The number of nitrogens with zero attached hydrogens (tertiary/aromatic N) is 1. The first-order valence-corrected chi connectivity index (χ1v) is 11.1. The number of furan rings is 1. The van der Waals surface area contributed by atoms with Gasteiger partial charge in [0.05, 0.1) is 4.88 Å². The highest BCUT2D eigenvalue weighted by atomic mass is 32.1. The first-order chi connectivity index (χ1) is 13.8.